The zero-order chi connectivity index (χ0) is 13.0. The normalized spacial score (nSPS) is 12.3. The molecule has 0 heterocycles. The average molecular weight is 280 g/mol. The van der Waals surface area contributed by atoms with Crippen molar-refractivity contribution in [1.82, 2.24) is 0 Å². The average Bonchev–Trinajstić information content (AvgIpc) is 2.35. The van der Waals surface area contributed by atoms with E-state index in [0.29, 0.717) is 22.2 Å². The van der Waals surface area contributed by atoms with Gasteiger partial charge in [-0.25, -0.2) is 0 Å². The summed E-state index contributed by atoms with van der Waals surface area (Å²) < 4.78 is 12.1. The quantitative estimate of drug-likeness (QED) is 0.872. The van der Waals surface area contributed by atoms with E-state index in [1.807, 2.05) is 48.5 Å². The maximum Gasteiger partial charge on any atom is 0.0509 e. The Morgan fingerprint density at radius 1 is 0.944 bits per heavy atom. The number of halogens is 1. The molecule has 4 heteroatoms. The Morgan fingerprint density at radius 2 is 1.50 bits per heavy atom. The maximum atomic E-state index is 12.1. The topological polar surface area (TPSA) is 43.1 Å². The SMILES string of the molecule is Nc1ccccc1CS(=O)Cc1ccccc1Cl. The second kappa shape index (κ2) is 6.03. The van der Waals surface area contributed by atoms with E-state index in [2.05, 4.69) is 0 Å². The molecule has 0 radical (unpaired) electrons. The number of anilines is 1. The van der Waals surface area contributed by atoms with Gasteiger partial charge in [0, 0.05) is 21.5 Å². The van der Waals surface area contributed by atoms with E-state index >= 15 is 0 Å². The fourth-order valence-corrected chi connectivity index (χ4v) is 3.27. The maximum absolute atomic E-state index is 12.1. The first-order chi connectivity index (χ1) is 8.66. The molecule has 1 atom stereocenters. The van der Waals surface area contributed by atoms with Crippen LogP contribution in [0.15, 0.2) is 48.5 Å². The molecule has 0 fully saturated rings. The first-order valence-electron chi connectivity index (χ1n) is 5.58. The summed E-state index contributed by atoms with van der Waals surface area (Å²) >= 11 is 6.04. The summed E-state index contributed by atoms with van der Waals surface area (Å²) in [6.07, 6.45) is 0. The highest BCUT2D eigenvalue weighted by molar-refractivity contribution is 7.83. The lowest BCUT2D eigenvalue weighted by molar-refractivity contribution is 0.682. The van der Waals surface area contributed by atoms with Crippen molar-refractivity contribution in [3.8, 4) is 0 Å². The molecule has 0 bridgehead atoms. The van der Waals surface area contributed by atoms with Crippen molar-refractivity contribution >= 4 is 28.1 Å². The Morgan fingerprint density at radius 3 is 2.17 bits per heavy atom. The summed E-state index contributed by atoms with van der Waals surface area (Å²) in [5.41, 5.74) is 8.35. The molecule has 0 spiro atoms. The van der Waals surface area contributed by atoms with Crippen LogP contribution < -0.4 is 5.73 Å². The van der Waals surface area contributed by atoms with Gasteiger partial charge in [0.25, 0.3) is 0 Å². The van der Waals surface area contributed by atoms with Crippen molar-refractivity contribution in [2.24, 2.45) is 0 Å². The first-order valence-corrected chi connectivity index (χ1v) is 7.45. The van der Waals surface area contributed by atoms with Crippen LogP contribution >= 0.6 is 11.6 Å². The van der Waals surface area contributed by atoms with Crippen molar-refractivity contribution in [3.05, 3.63) is 64.7 Å². The third-order valence-electron chi connectivity index (χ3n) is 2.65. The van der Waals surface area contributed by atoms with Gasteiger partial charge < -0.3 is 5.73 Å². The molecule has 0 saturated heterocycles. The summed E-state index contributed by atoms with van der Waals surface area (Å²) in [7, 11) is -1.01. The Balaban J connectivity index is 2.06. The number of rotatable bonds is 4. The fraction of sp³-hybridized carbons (Fsp3) is 0.143. The molecule has 0 aliphatic carbocycles. The Kier molecular flexibility index (Phi) is 4.39. The van der Waals surface area contributed by atoms with Gasteiger partial charge in [-0.05, 0) is 23.3 Å². The van der Waals surface area contributed by atoms with Crippen molar-refractivity contribution in [2.45, 2.75) is 11.5 Å². The van der Waals surface area contributed by atoms with Gasteiger partial charge in [0.1, 0.15) is 0 Å². The fourth-order valence-electron chi connectivity index (χ4n) is 1.68. The van der Waals surface area contributed by atoms with Crippen LogP contribution in [-0.2, 0) is 22.3 Å². The third kappa shape index (κ3) is 3.34. The molecule has 0 amide bonds. The number of hydrogen-bond acceptors (Lipinski definition) is 2. The monoisotopic (exact) mass is 279 g/mol. The molecule has 2 rings (SSSR count). The van der Waals surface area contributed by atoms with Crippen LogP contribution in [0.5, 0.6) is 0 Å². The van der Waals surface area contributed by atoms with Gasteiger partial charge in [-0.3, -0.25) is 4.21 Å². The van der Waals surface area contributed by atoms with E-state index in [1.165, 1.54) is 0 Å². The molecule has 1 unspecified atom stereocenters. The van der Waals surface area contributed by atoms with Crippen molar-refractivity contribution in [2.75, 3.05) is 5.73 Å². The number of nitrogen functional groups attached to an aromatic ring is 1. The zero-order valence-corrected chi connectivity index (χ0v) is 11.4. The van der Waals surface area contributed by atoms with Crippen LogP contribution in [0, 0.1) is 0 Å². The van der Waals surface area contributed by atoms with Gasteiger partial charge in [0.15, 0.2) is 0 Å². The molecular formula is C14H14ClNOS. The molecule has 2 aromatic carbocycles. The van der Waals surface area contributed by atoms with E-state index in [0.717, 1.165) is 11.1 Å². The summed E-state index contributed by atoms with van der Waals surface area (Å²) in [5, 5.41) is 0.659. The predicted octanol–water partition coefficient (Wildman–Crippen LogP) is 3.37. The minimum atomic E-state index is -1.01. The molecule has 2 aromatic rings. The van der Waals surface area contributed by atoms with E-state index in [-0.39, 0.29) is 0 Å². The first kappa shape index (κ1) is 13.1. The van der Waals surface area contributed by atoms with Crippen LogP contribution in [-0.4, -0.2) is 4.21 Å². The van der Waals surface area contributed by atoms with Crippen LogP contribution in [0.1, 0.15) is 11.1 Å². The molecule has 0 aliphatic rings. The predicted molar refractivity (Wildman–Crippen MR) is 77.9 cm³/mol. The van der Waals surface area contributed by atoms with Gasteiger partial charge in [-0.1, -0.05) is 48.0 Å². The van der Waals surface area contributed by atoms with Crippen molar-refractivity contribution in [3.63, 3.8) is 0 Å². The Bertz CT molecular complexity index is 522. The standard InChI is InChI=1S/C14H14ClNOS/c15-13-7-3-1-5-11(13)9-18(17)10-12-6-2-4-8-14(12)16/h1-8H,9-10,16H2. The molecule has 0 aromatic heterocycles. The highest BCUT2D eigenvalue weighted by atomic mass is 35.5. The minimum absolute atomic E-state index is 0.452. The lowest BCUT2D eigenvalue weighted by Gasteiger charge is -2.06. The van der Waals surface area contributed by atoms with E-state index in [1.54, 1.807) is 0 Å². The number of benzene rings is 2. The molecule has 0 saturated carbocycles. The second-order valence-corrected chi connectivity index (χ2v) is 5.88. The van der Waals surface area contributed by atoms with Gasteiger partial charge in [0.05, 0.1) is 11.5 Å². The third-order valence-corrected chi connectivity index (χ3v) is 4.28. The van der Waals surface area contributed by atoms with Crippen molar-refractivity contribution in [1.29, 1.82) is 0 Å². The number of para-hydroxylation sites is 1. The lowest BCUT2D eigenvalue weighted by atomic mass is 10.2. The van der Waals surface area contributed by atoms with Gasteiger partial charge in [-0.15, -0.1) is 0 Å². The van der Waals surface area contributed by atoms with Crippen LogP contribution in [0.3, 0.4) is 0 Å². The second-order valence-electron chi connectivity index (χ2n) is 4.02. The van der Waals surface area contributed by atoms with Gasteiger partial charge in [-0.2, -0.15) is 0 Å². The molecule has 94 valence electrons. The summed E-state index contributed by atoms with van der Waals surface area (Å²) in [6.45, 7) is 0. The lowest BCUT2D eigenvalue weighted by Crippen LogP contribution is -2.02. The van der Waals surface area contributed by atoms with Crippen LogP contribution in [0.25, 0.3) is 0 Å². The molecule has 2 N–H and O–H groups in total. The largest absolute Gasteiger partial charge is 0.398 e. The summed E-state index contributed by atoms with van der Waals surface area (Å²) in [4.78, 5) is 0. The summed E-state index contributed by atoms with van der Waals surface area (Å²) in [5.74, 6) is 0.909. The number of hydrogen-bond donors (Lipinski definition) is 1. The zero-order valence-electron chi connectivity index (χ0n) is 9.80. The smallest absolute Gasteiger partial charge is 0.0509 e. The van der Waals surface area contributed by atoms with Crippen LogP contribution in [0.2, 0.25) is 5.02 Å². The highest BCUT2D eigenvalue weighted by Crippen LogP contribution is 2.19. The van der Waals surface area contributed by atoms with Crippen LogP contribution in [0.4, 0.5) is 5.69 Å². The Labute approximate surface area is 114 Å². The van der Waals surface area contributed by atoms with E-state index < -0.39 is 10.8 Å². The molecule has 0 aliphatic heterocycles. The number of nitrogens with two attached hydrogens (primary N) is 1. The van der Waals surface area contributed by atoms with E-state index in [9.17, 15) is 4.21 Å². The van der Waals surface area contributed by atoms with Gasteiger partial charge >= 0.3 is 0 Å². The molecule has 2 nitrogen and oxygen atoms in total. The molecule has 18 heavy (non-hydrogen) atoms. The van der Waals surface area contributed by atoms with E-state index in [4.69, 9.17) is 17.3 Å². The van der Waals surface area contributed by atoms with Crippen molar-refractivity contribution < 1.29 is 4.21 Å². The minimum Gasteiger partial charge on any atom is -0.398 e. The Hall–Kier alpha value is -1.32. The van der Waals surface area contributed by atoms with Gasteiger partial charge in [0.2, 0.25) is 0 Å². The highest BCUT2D eigenvalue weighted by Gasteiger charge is 2.07. The summed E-state index contributed by atoms with van der Waals surface area (Å²) in [6, 6.07) is 15.0. The molecular weight excluding hydrogens is 266 g/mol.